The molecule has 2 saturated heterocycles. The van der Waals surface area contributed by atoms with Gasteiger partial charge in [0.1, 0.15) is 5.75 Å². The minimum atomic E-state index is -0.624. The number of ether oxygens (including phenoxy) is 1. The normalized spacial score (nSPS) is 30.4. The minimum Gasteiger partial charge on any atom is -0.489 e. The van der Waals surface area contributed by atoms with Crippen LogP contribution in [0.15, 0.2) is 30.3 Å². The van der Waals surface area contributed by atoms with Crippen LogP contribution in [0.1, 0.15) is 89.7 Å². The van der Waals surface area contributed by atoms with E-state index in [0.29, 0.717) is 18.1 Å². The van der Waals surface area contributed by atoms with Gasteiger partial charge in [-0.25, -0.2) is 0 Å². The first-order valence-corrected chi connectivity index (χ1v) is 13.7. The second-order valence-corrected chi connectivity index (χ2v) is 11.2. The summed E-state index contributed by atoms with van der Waals surface area (Å²) in [5, 5.41) is 12.5. The lowest BCUT2D eigenvalue weighted by Gasteiger charge is -2.42. The molecule has 3 unspecified atom stereocenters. The molecule has 2 bridgehead atoms. The third-order valence-electron chi connectivity index (χ3n) is 8.88. The summed E-state index contributed by atoms with van der Waals surface area (Å²) in [6.45, 7) is 4.53. The Balaban J connectivity index is 1.35. The first kappa shape index (κ1) is 23.9. The first-order chi connectivity index (χ1) is 16.5. The lowest BCUT2D eigenvalue weighted by atomic mass is 9.86. The maximum Gasteiger partial charge on any atom is 0.306 e. The number of fused-ring (bicyclic) bond motifs is 3. The van der Waals surface area contributed by atoms with Gasteiger partial charge in [-0.05, 0) is 86.8 Å². The van der Waals surface area contributed by atoms with Gasteiger partial charge in [0.05, 0.1) is 17.0 Å². The molecule has 4 nitrogen and oxygen atoms in total. The Kier molecular flexibility index (Phi) is 7.09. The predicted octanol–water partition coefficient (Wildman–Crippen LogP) is 7.62. The van der Waals surface area contributed by atoms with E-state index in [1.54, 1.807) is 0 Å². The molecular weight excluding hydrogens is 446 g/mol. The van der Waals surface area contributed by atoms with E-state index in [1.165, 1.54) is 24.8 Å². The van der Waals surface area contributed by atoms with Crippen LogP contribution in [0.2, 0.25) is 5.02 Å². The molecule has 2 heterocycles. The van der Waals surface area contributed by atoms with Crippen molar-refractivity contribution in [3.05, 3.63) is 40.9 Å². The summed E-state index contributed by atoms with van der Waals surface area (Å²) in [7, 11) is 0. The molecule has 2 aromatic rings. The number of carbonyl (C=O) groups is 1. The highest BCUT2D eigenvalue weighted by atomic mass is 35.5. The molecule has 1 N–H and O–H groups in total. The summed E-state index contributed by atoms with van der Waals surface area (Å²) in [4.78, 5) is 14.2. The average molecular weight is 484 g/mol. The molecule has 3 aliphatic rings. The molecule has 0 spiro atoms. The zero-order valence-corrected chi connectivity index (χ0v) is 21.3. The SMILES string of the molecule is CCC(c1ccc2c(Cl)c(O[C@H]3CC[C@@H](CC)CC3)ccc2c1)N1C2CCC1CC(C(=O)O)C2. The monoisotopic (exact) mass is 483 g/mol. The van der Waals surface area contributed by atoms with Gasteiger partial charge in [0.25, 0.3) is 0 Å². The van der Waals surface area contributed by atoms with Crippen molar-refractivity contribution in [2.75, 3.05) is 0 Å². The number of hydrogen-bond acceptors (Lipinski definition) is 3. The Bertz CT molecular complexity index is 1020. The van der Waals surface area contributed by atoms with Gasteiger partial charge >= 0.3 is 5.97 Å². The summed E-state index contributed by atoms with van der Waals surface area (Å²) < 4.78 is 6.36. The lowest BCUT2D eigenvalue weighted by molar-refractivity contribution is -0.144. The molecule has 3 atom stereocenters. The predicted molar refractivity (Wildman–Crippen MR) is 138 cm³/mol. The van der Waals surface area contributed by atoms with Crippen LogP contribution < -0.4 is 4.74 Å². The quantitative estimate of drug-likeness (QED) is 0.440. The van der Waals surface area contributed by atoms with Crippen molar-refractivity contribution in [3.8, 4) is 5.75 Å². The lowest BCUT2D eigenvalue weighted by Crippen LogP contribution is -2.46. The molecule has 0 radical (unpaired) electrons. The molecule has 0 amide bonds. The van der Waals surface area contributed by atoms with Gasteiger partial charge in [-0.1, -0.05) is 50.1 Å². The van der Waals surface area contributed by atoms with Crippen molar-refractivity contribution in [3.63, 3.8) is 0 Å². The number of hydrogen-bond donors (Lipinski definition) is 1. The topological polar surface area (TPSA) is 49.8 Å². The van der Waals surface area contributed by atoms with Crippen molar-refractivity contribution in [1.82, 2.24) is 4.90 Å². The summed E-state index contributed by atoms with van der Waals surface area (Å²) in [5.41, 5.74) is 1.31. The third-order valence-corrected chi connectivity index (χ3v) is 9.27. The molecule has 2 aromatic carbocycles. The van der Waals surface area contributed by atoms with E-state index >= 15 is 0 Å². The highest BCUT2D eigenvalue weighted by Gasteiger charge is 2.45. The second kappa shape index (κ2) is 10.1. The Morgan fingerprint density at radius 1 is 1.06 bits per heavy atom. The van der Waals surface area contributed by atoms with E-state index in [-0.39, 0.29) is 12.0 Å². The number of carboxylic acid groups (broad SMARTS) is 1. The fourth-order valence-corrected chi connectivity index (χ4v) is 7.25. The van der Waals surface area contributed by atoms with E-state index in [9.17, 15) is 9.90 Å². The van der Waals surface area contributed by atoms with Crippen LogP contribution in [0.4, 0.5) is 0 Å². The van der Waals surface area contributed by atoms with Crippen molar-refractivity contribution in [2.45, 2.75) is 102 Å². The average Bonchev–Trinajstić information content (AvgIpc) is 3.09. The minimum absolute atomic E-state index is 0.183. The van der Waals surface area contributed by atoms with E-state index in [4.69, 9.17) is 16.3 Å². The van der Waals surface area contributed by atoms with Gasteiger partial charge in [0, 0.05) is 23.5 Å². The van der Waals surface area contributed by atoms with Gasteiger partial charge in [0.15, 0.2) is 0 Å². The van der Waals surface area contributed by atoms with E-state index in [2.05, 4.69) is 43.0 Å². The van der Waals surface area contributed by atoms with Crippen LogP contribution in [-0.2, 0) is 4.79 Å². The fourth-order valence-electron chi connectivity index (χ4n) is 6.97. The summed E-state index contributed by atoms with van der Waals surface area (Å²) in [5.74, 6) is 0.850. The highest BCUT2D eigenvalue weighted by Crippen LogP contribution is 2.45. The standard InChI is InChI=1S/C29H38ClNO3/c1-3-18-5-11-24(12-6-18)34-27-14-8-19-15-20(7-13-25(19)28(27)30)26(4-2)31-22-9-10-23(31)17-21(16-22)29(32)33/h7-8,13-15,18,21-24,26H,3-6,9-12,16-17H2,1-2H3,(H,32,33)/t18-,21?,22?,23?,24+,26?. The van der Waals surface area contributed by atoms with E-state index in [0.717, 1.165) is 72.4 Å². The maximum absolute atomic E-state index is 11.6. The van der Waals surface area contributed by atoms with Crippen LogP contribution in [0.25, 0.3) is 10.8 Å². The fraction of sp³-hybridized carbons (Fsp3) is 0.621. The Labute approximate surface area is 208 Å². The zero-order valence-electron chi connectivity index (χ0n) is 20.5. The second-order valence-electron chi connectivity index (χ2n) is 10.8. The van der Waals surface area contributed by atoms with Gasteiger partial charge in [0.2, 0.25) is 0 Å². The van der Waals surface area contributed by atoms with Gasteiger partial charge in [-0.3, -0.25) is 9.69 Å². The van der Waals surface area contributed by atoms with Crippen molar-refractivity contribution in [2.24, 2.45) is 11.8 Å². The van der Waals surface area contributed by atoms with Crippen molar-refractivity contribution in [1.29, 1.82) is 0 Å². The van der Waals surface area contributed by atoms with Gasteiger partial charge < -0.3 is 9.84 Å². The Hall–Kier alpha value is -1.78. The van der Waals surface area contributed by atoms with E-state index in [1.807, 2.05) is 6.07 Å². The van der Waals surface area contributed by atoms with Gasteiger partial charge in [-0.2, -0.15) is 0 Å². The Morgan fingerprint density at radius 2 is 1.76 bits per heavy atom. The number of piperidine rings is 1. The molecule has 1 aliphatic carbocycles. The summed E-state index contributed by atoms with van der Waals surface area (Å²) in [6, 6.07) is 11.9. The van der Waals surface area contributed by atoms with Crippen LogP contribution >= 0.6 is 11.6 Å². The zero-order chi connectivity index (χ0) is 23.8. The molecule has 5 rings (SSSR count). The number of carboxylic acids is 1. The van der Waals surface area contributed by atoms with Crippen LogP contribution in [-0.4, -0.2) is 34.2 Å². The van der Waals surface area contributed by atoms with Crippen molar-refractivity contribution >= 4 is 28.3 Å². The number of halogens is 1. The highest BCUT2D eigenvalue weighted by molar-refractivity contribution is 6.37. The van der Waals surface area contributed by atoms with Crippen molar-refractivity contribution < 1.29 is 14.6 Å². The smallest absolute Gasteiger partial charge is 0.306 e. The maximum atomic E-state index is 11.6. The Morgan fingerprint density at radius 3 is 2.38 bits per heavy atom. The van der Waals surface area contributed by atoms with Crippen LogP contribution in [0.5, 0.6) is 5.75 Å². The summed E-state index contributed by atoms with van der Waals surface area (Å²) >= 11 is 6.84. The van der Waals surface area contributed by atoms with E-state index < -0.39 is 5.97 Å². The molecule has 0 aromatic heterocycles. The first-order valence-electron chi connectivity index (χ1n) is 13.4. The molecule has 34 heavy (non-hydrogen) atoms. The molecule has 2 aliphatic heterocycles. The molecule has 184 valence electrons. The molecular formula is C29H38ClNO3. The number of benzene rings is 2. The number of aliphatic carboxylic acids is 1. The summed E-state index contributed by atoms with van der Waals surface area (Å²) in [6.07, 6.45) is 11.1. The van der Waals surface area contributed by atoms with Gasteiger partial charge in [-0.15, -0.1) is 0 Å². The van der Waals surface area contributed by atoms with Crippen LogP contribution in [0.3, 0.4) is 0 Å². The molecule has 1 saturated carbocycles. The third kappa shape index (κ3) is 4.56. The molecule has 3 fully saturated rings. The number of rotatable bonds is 7. The number of nitrogens with zero attached hydrogens (tertiary/aromatic N) is 1. The molecule has 5 heteroatoms. The largest absolute Gasteiger partial charge is 0.489 e. The van der Waals surface area contributed by atoms with Crippen LogP contribution in [0, 0.1) is 11.8 Å².